The molecule has 1 unspecified atom stereocenters. The topological polar surface area (TPSA) is 52.6 Å². The Bertz CT molecular complexity index is 352. The molecular weight excluding hydrogens is 272 g/mol. The average Bonchev–Trinajstić information content (AvgIpc) is 3.09. The van der Waals surface area contributed by atoms with Crippen LogP contribution in [0.3, 0.4) is 0 Å². The summed E-state index contributed by atoms with van der Waals surface area (Å²) in [6.07, 6.45) is 7.59. The summed E-state index contributed by atoms with van der Waals surface area (Å²) in [4.78, 5) is 14.9. The molecule has 4 nitrogen and oxygen atoms in total. The first-order valence-electron chi connectivity index (χ1n) is 8.02. The van der Waals surface area contributed by atoms with Gasteiger partial charge in [-0.3, -0.25) is 9.69 Å². The number of amides is 1. The second kappa shape index (κ2) is 6.24. The summed E-state index contributed by atoms with van der Waals surface area (Å²) in [6.45, 7) is 2.07. The number of hydrogen-bond donors (Lipinski definition) is 2. The fourth-order valence-corrected chi connectivity index (χ4v) is 4.93. The highest BCUT2D eigenvalue weighted by Crippen LogP contribution is 2.29. The first kappa shape index (κ1) is 14.7. The van der Waals surface area contributed by atoms with Gasteiger partial charge in [0.1, 0.15) is 5.60 Å². The Kier molecular flexibility index (Phi) is 4.58. The van der Waals surface area contributed by atoms with E-state index in [0.717, 1.165) is 37.1 Å². The smallest absolute Gasteiger partial charge is 0.252 e. The highest BCUT2D eigenvalue weighted by molar-refractivity contribution is 7.99. The Morgan fingerprint density at radius 1 is 1.20 bits per heavy atom. The first-order chi connectivity index (χ1) is 9.67. The normalized spacial score (nSPS) is 31.6. The molecule has 3 fully saturated rings. The molecule has 5 heteroatoms. The van der Waals surface area contributed by atoms with Crippen molar-refractivity contribution in [1.82, 2.24) is 10.2 Å². The van der Waals surface area contributed by atoms with Gasteiger partial charge in [0.25, 0.3) is 5.91 Å². The summed E-state index contributed by atoms with van der Waals surface area (Å²) in [5.74, 6) is 1.65. The Morgan fingerprint density at radius 2 is 1.90 bits per heavy atom. The number of nitrogens with zero attached hydrogens (tertiary/aromatic N) is 1. The SMILES string of the molecule is O=C(NC1CCN(C2CCCC2)C1)C1(O)CCSCC1. The monoisotopic (exact) mass is 298 g/mol. The quantitative estimate of drug-likeness (QED) is 0.826. The van der Waals surface area contributed by atoms with Crippen molar-refractivity contribution in [1.29, 1.82) is 0 Å². The highest BCUT2D eigenvalue weighted by atomic mass is 32.2. The second-order valence-corrected chi connectivity index (χ2v) is 7.76. The molecule has 20 heavy (non-hydrogen) atoms. The van der Waals surface area contributed by atoms with Crippen molar-refractivity contribution in [3.63, 3.8) is 0 Å². The van der Waals surface area contributed by atoms with Gasteiger partial charge >= 0.3 is 0 Å². The van der Waals surface area contributed by atoms with Crippen LogP contribution in [0.25, 0.3) is 0 Å². The minimum absolute atomic E-state index is 0.129. The van der Waals surface area contributed by atoms with Gasteiger partial charge < -0.3 is 10.4 Å². The van der Waals surface area contributed by atoms with Crippen LogP contribution in [0.2, 0.25) is 0 Å². The molecule has 2 heterocycles. The summed E-state index contributed by atoms with van der Waals surface area (Å²) in [5, 5.41) is 13.5. The summed E-state index contributed by atoms with van der Waals surface area (Å²) in [6, 6.07) is 0.979. The zero-order valence-electron chi connectivity index (χ0n) is 12.1. The van der Waals surface area contributed by atoms with E-state index in [-0.39, 0.29) is 11.9 Å². The molecule has 1 aliphatic carbocycles. The molecule has 1 atom stereocenters. The molecular formula is C15H26N2O2S. The third-order valence-electron chi connectivity index (χ3n) is 5.14. The van der Waals surface area contributed by atoms with Crippen molar-refractivity contribution >= 4 is 17.7 Å². The predicted molar refractivity (Wildman–Crippen MR) is 81.9 cm³/mol. The Balaban J connectivity index is 1.49. The minimum Gasteiger partial charge on any atom is -0.380 e. The van der Waals surface area contributed by atoms with Crippen molar-refractivity contribution < 1.29 is 9.90 Å². The zero-order chi connectivity index (χ0) is 14.0. The van der Waals surface area contributed by atoms with Gasteiger partial charge in [-0.2, -0.15) is 11.8 Å². The van der Waals surface area contributed by atoms with Crippen molar-refractivity contribution in [2.24, 2.45) is 0 Å². The van der Waals surface area contributed by atoms with Crippen LogP contribution in [0.5, 0.6) is 0 Å². The van der Waals surface area contributed by atoms with Crippen LogP contribution in [0.4, 0.5) is 0 Å². The van der Waals surface area contributed by atoms with Crippen LogP contribution in [-0.4, -0.2) is 58.2 Å². The maximum absolute atomic E-state index is 12.3. The molecule has 0 aromatic carbocycles. The van der Waals surface area contributed by atoms with E-state index in [2.05, 4.69) is 10.2 Å². The van der Waals surface area contributed by atoms with Crippen molar-refractivity contribution in [3.05, 3.63) is 0 Å². The van der Waals surface area contributed by atoms with Crippen molar-refractivity contribution in [3.8, 4) is 0 Å². The van der Waals surface area contributed by atoms with Gasteiger partial charge in [-0.25, -0.2) is 0 Å². The third kappa shape index (κ3) is 3.15. The number of carbonyl (C=O) groups excluding carboxylic acids is 1. The zero-order valence-corrected chi connectivity index (χ0v) is 13.0. The predicted octanol–water partition coefficient (Wildman–Crippen LogP) is 1.38. The number of aliphatic hydroxyl groups is 1. The molecule has 3 aliphatic rings. The van der Waals surface area contributed by atoms with Crippen molar-refractivity contribution in [2.75, 3.05) is 24.6 Å². The molecule has 2 saturated heterocycles. The fourth-order valence-electron chi connectivity index (χ4n) is 3.76. The maximum atomic E-state index is 12.3. The van der Waals surface area contributed by atoms with E-state index in [1.807, 2.05) is 11.8 Å². The minimum atomic E-state index is -1.11. The lowest BCUT2D eigenvalue weighted by Crippen LogP contribution is -2.52. The Morgan fingerprint density at radius 3 is 2.60 bits per heavy atom. The fraction of sp³-hybridized carbons (Fsp3) is 0.933. The largest absolute Gasteiger partial charge is 0.380 e. The molecule has 114 valence electrons. The number of nitrogens with one attached hydrogen (secondary N) is 1. The molecule has 2 N–H and O–H groups in total. The van der Waals surface area contributed by atoms with Crippen LogP contribution >= 0.6 is 11.8 Å². The molecule has 0 spiro atoms. The molecule has 1 saturated carbocycles. The number of hydrogen-bond acceptors (Lipinski definition) is 4. The van der Waals surface area contributed by atoms with E-state index in [9.17, 15) is 9.90 Å². The van der Waals surface area contributed by atoms with Crippen LogP contribution in [0.15, 0.2) is 0 Å². The van der Waals surface area contributed by atoms with Crippen LogP contribution in [0, 0.1) is 0 Å². The first-order valence-corrected chi connectivity index (χ1v) is 9.18. The lowest BCUT2D eigenvalue weighted by Gasteiger charge is -2.31. The number of carbonyl (C=O) groups is 1. The van der Waals surface area contributed by atoms with E-state index in [4.69, 9.17) is 0 Å². The third-order valence-corrected chi connectivity index (χ3v) is 6.12. The lowest BCUT2D eigenvalue weighted by molar-refractivity contribution is -0.141. The number of rotatable bonds is 3. The molecule has 2 aliphatic heterocycles. The molecule has 0 aromatic rings. The Hall–Kier alpha value is -0.260. The standard InChI is InChI=1S/C15H26N2O2S/c18-14(15(19)6-9-20-10-7-15)16-12-5-8-17(11-12)13-3-1-2-4-13/h12-13,19H,1-11H2,(H,16,18). The second-order valence-electron chi connectivity index (χ2n) is 6.54. The van der Waals surface area contributed by atoms with E-state index in [1.165, 1.54) is 25.7 Å². The highest BCUT2D eigenvalue weighted by Gasteiger charge is 2.39. The summed E-state index contributed by atoms with van der Waals surface area (Å²) < 4.78 is 0. The van der Waals surface area contributed by atoms with Gasteiger partial charge in [-0.05, 0) is 43.6 Å². The molecule has 0 aromatic heterocycles. The van der Waals surface area contributed by atoms with E-state index < -0.39 is 5.60 Å². The van der Waals surface area contributed by atoms with Gasteiger partial charge in [0, 0.05) is 25.2 Å². The molecule has 1 amide bonds. The van der Waals surface area contributed by atoms with Crippen LogP contribution in [-0.2, 0) is 4.79 Å². The number of thioether (sulfide) groups is 1. The lowest BCUT2D eigenvalue weighted by atomic mass is 9.95. The average molecular weight is 298 g/mol. The molecule has 0 radical (unpaired) electrons. The van der Waals surface area contributed by atoms with Crippen LogP contribution < -0.4 is 5.32 Å². The summed E-state index contributed by atoms with van der Waals surface area (Å²) in [7, 11) is 0. The maximum Gasteiger partial charge on any atom is 0.252 e. The van der Waals surface area contributed by atoms with Gasteiger partial charge in [0.2, 0.25) is 0 Å². The van der Waals surface area contributed by atoms with E-state index in [0.29, 0.717) is 12.8 Å². The van der Waals surface area contributed by atoms with Gasteiger partial charge in [0.05, 0.1) is 0 Å². The Labute approximate surface area is 125 Å². The van der Waals surface area contributed by atoms with E-state index in [1.54, 1.807) is 0 Å². The van der Waals surface area contributed by atoms with E-state index >= 15 is 0 Å². The molecule has 0 bridgehead atoms. The molecule has 3 rings (SSSR count). The van der Waals surface area contributed by atoms with Crippen LogP contribution in [0.1, 0.15) is 44.9 Å². The van der Waals surface area contributed by atoms with Gasteiger partial charge in [0.15, 0.2) is 0 Å². The van der Waals surface area contributed by atoms with Gasteiger partial charge in [-0.15, -0.1) is 0 Å². The van der Waals surface area contributed by atoms with Crippen molar-refractivity contribution in [2.45, 2.75) is 62.6 Å². The number of likely N-dealkylation sites (tertiary alicyclic amines) is 1. The summed E-state index contributed by atoms with van der Waals surface area (Å²) in [5.41, 5.74) is -1.11. The summed E-state index contributed by atoms with van der Waals surface area (Å²) >= 11 is 1.83. The van der Waals surface area contributed by atoms with Gasteiger partial charge in [-0.1, -0.05) is 12.8 Å².